The van der Waals surface area contributed by atoms with Crippen molar-refractivity contribution in [2.45, 2.75) is 44.8 Å². The van der Waals surface area contributed by atoms with Crippen LogP contribution in [-0.2, 0) is 17.6 Å². The molecule has 184 valence electrons. The number of fused-ring (bicyclic) bond motifs is 1. The first kappa shape index (κ1) is 24.5. The Kier molecular flexibility index (Phi) is 7.17. The Morgan fingerprint density at radius 3 is 2.41 bits per heavy atom. The number of aliphatic hydroxyl groups is 3. The Bertz CT molecular complexity index is 999. The van der Waals surface area contributed by atoms with Gasteiger partial charge in [0.05, 0.1) is 26.4 Å². The van der Waals surface area contributed by atoms with Crippen molar-refractivity contribution in [1.82, 2.24) is 4.90 Å². The molecule has 7 nitrogen and oxygen atoms in total. The first-order chi connectivity index (χ1) is 16.3. The minimum absolute atomic E-state index is 0.175. The molecule has 0 unspecified atom stereocenters. The van der Waals surface area contributed by atoms with Crippen LogP contribution in [0.25, 0.3) is 0 Å². The van der Waals surface area contributed by atoms with Crippen LogP contribution >= 0.6 is 0 Å². The van der Waals surface area contributed by atoms with Gasteiger partial charge in [-0.05, 0) is 48.6 Å². The molecule has 1 aliphatic carbocycles. The lowest BCUT2D eigenvalue weighted by molar-refractivity contribution is -0.141. The van der Waals surface area contributed by atoms with Gasteiger partial charge in [0.25, 0.3) is 5.91 Å². The van der Waals surface area contributed by atoms with E-state index in [-0.39, 0.29) is 12.5 Å². The summed E-state index contributed by atoms with van der Waals surface area (Å²) in [4.78, 5) is 14.1. The smallest absolute Gasteiger partial charge is 0.253 e. The highest BCUT2D eigenvalue weighted by molar-refractivity contribution is 5.81. The lowest BCUT2D eigenvalue weighted by atomic mass is 9.72. The predicted octanol–water partition coefficient (Wildman–Crippen LogP) is 2.16. The van der Waals surface area contributed by atoms with E-state index in [1.807, 2.05) is 25.1 Å². The standard InChI is InChI=1S/C27H35NO6/c1-17(30)27(2)16-28(26(32)23(31)14-29)13-22(27)21-8-9-24(33-3)25(12-21)34-15-18-10-19-6-4-5-7-20(19)11-18/h4-9,12,17-18,22-23,29-31H,10-11,13-16H2,1-3H3/t17-,22+,23-,27+/m1/s1. The molecule has 2 aliphatic rings. The third-order valence-corrected chi connectivity index (χ3v) is 7.65. The van der Waals surface area contributed by atoms with Crippen LogP contribution in [0.1, 0.15) is 36.5 Å². The average Bonchev–Trinajstić information content (AvgIpc) is 3.43. The first-order valence-corrected chi connectivity index (χ1v) is 11.9. The van der Waals surface area contributed by atoms with Crippen molar-refractivity contribution < 1.29 is 29.6 Å². The second-order valence-corrected chi connectivity index (χ2v) is 9.92. The van der Waals surface area contributed by atoms with Crippen molar-refractivity contribution in [3.63, 3.8) is 0 Å². The highest BCUT2D eigenvalue weighted by Gasteiger charge is 2.49. The number of hydrogen-bond acceptors (Lipinski definition) is 6. The molecule has 0 radical (unpaired) electrons. The summed E-state index contributed by atoms with van der Waals surface area (Å²) in [5.74, 6) is 0.978. The fourth-order valence-electron chi connectivity index (χ4n) is 5.38. The Morgan fingerprint density at radius 1 is 1.15 bits per heavy atom. The topological polar surface area (TPSA) is 99.5 Å². The van der Waals surface area contributed by atoms with Gasteiger partial charge in [-0.3, -0.25) is 4.79 Å². The van der Waals surface area contributed by atoms with E-state index in [9.17, 15) is 20.1 Å². The van der Waals surface area contributed by atoms with E-state index < -0.39 is 30.1 Å². The van der Waals surface area contributed by atoms with Gasteiger partial charge < -0.3 is 29.7 Å². The normalized spacial score (nSPS) is 24.1. The second-order valence-electron chi connectivity index (χ2n) is 9.92. The van der Waals surface area contributed by atoms with E-state index in [0.29, 0.717) is 30.6 Å². The molecule has 0 saturated carbocycles. The van der Waals surface area contributed by atoms with Crippen LogP contribution in [0.4, 0.5) is 0 Å². The summed E-state index contributed by atoms with van der Waals surface area (Å²) in [6, 6.07) is 14.2. The van der Waals surface area contributed by atoms with Gasteiger partial charge >= 0.3 is 0 Å². The van der Waals surface area contributed by atoms with E-state index in [1.54, 1.807) is 14.0 Å². The minimum Gasteiger partial charge on any atom is -0.493 e. The number of carbonyl (C=O) groups is 1. The van der Waals surface area contributed by atoms with Gasteiger partial charge in [0.1, 0.15) is 0 Å². The van der Waals surface area contributed by atoms with E-state index in [0.717, 1.165) is 18.4 Å². The van der Waals surface area contributed by atoms with Crippen LogP contribution in [0.2, 0.25) is 0 Å². The van der Waals surface area contributed by atoms with Gasteiger partial charge in [0.2, 0.25) is 0 Å². The number of carbonyl (C=O) groups excluding carboxylic acids is 1. The predicted molar refractivity (Wildman–Crippen MR) is 128 cm³/mol. The van der Waals surface area contributed by atoms with Gasteiger partial charge in [-0.1, -0.05) is 37.3 Å². The summed E-state index contributed by atoms with van der Waals surface area (Å²) in [5.41, 5.74) is 3.07. The summed E-state index contributed by atoms with van der Waals surface area (Å²) in [7, 11) is 1.61. The third kappa shape index (κ3) is 4.65. The van der Waals surface area contributed by atoms with Crippen LogP contribution in [0, 0.1) is 11.3 Å². The van der Waals surface area contributed by atoms with Gasteiger partial charge in [-0.25, -0.2) is 0 Å². The monoisotopic (exact) mass is 469 g/mol. The fourth-order valence-corrected chi connectivity index (χ4v) is 5.38. The Balaban J connectivity index is 1.54. The number of nitrogens with zero attached hydrogens (tertiary/aromatic N) is 1. The molecule has 4 atom stereocenters. The number of rotatable bonds is 8. The van der Waals surface area contributed by atoms with Crippen LogP contribution < -0.4 is 9.47 Å². The SMILES string of the molecule is COc1ccc([C@@H]2CN(C(=O)[C@H](O)CO)C[C@@]2(C)[C@@H](C)O)cc1OCC1Cc2ccccc2C1. The molecule has 1 amide bonds. The number of ether oxygens (including phenoxy) is 2. The quantitative estimate of drug-likeness (QED) is 0.548. The second kappa shape index (κ2) is 9.94. The number of benzene rings is 2. The Labute approximate surface area is 200 Å². The molecule has 3 N–H and O–H groups in total. The van der Waals surface area contributed by atoms with Gasteiger partial charge in [-0.2, -0.15) is 0 Å². The van der Waals surface area contributed by atoms with Crippen LogP contribution in [0.3, 0.4) is 0 Å². The Morgan fingerprint density at radius 2 is 1.82 bits per heavy atom. The molecule has 2 aromatic rings. The summed E-state index contributed by atoms with van der Waals surface area (Å²) in [6.45, 7) is 4.23. The van der Waals surface area contributed by atoms with E-state index in [2.05, 4.69) is 24.3 Å². The van der Waals surface area contributed by atoms with Crippen molar-refractivity contribution in [3.05, 3.63) is 59.2 Å². The number of methoxy groups -OCH3 is 1. The number of aliphatic hydroxyl groups excluding tert-OH is 3. The van der Waals surface area contributed by atoms with Crippen molar-refractivity contribution in [1.29, 1.82) is 0 Å². The molecule has 0 bridgehead atoms. The highest BCUT2D eigenvalue weighted by atomic mass is 16.5. The molecular formula is C27H35NO6. The highest BCUT2D eigenvalue weighted by Crippen LogP contribution is 2.47. The minimum atomic E-state index is -1.46. The third-order valence-electron chi connectivity index (χ3n) is 7.65. The van der Waals surface area contributed by atoms with Gasteiger partial charge in [0.15, 0.2) is 17.6 Å². The lowest BCUT2D eigenvalue weighted by Crippen LogP contribution is -2.42. The van der Waals surface area contributed by atoms with Gasteiger partial charge in [0, 0.05) is 30.3 Å². The maximum Gasteiger partial charge on any atom is 0.253 e. The van der Waals surface area contributed by atoms with Crippen molar-refractivity contribution in [3.8, 4) is 11.5 Å². The largest absolute Gasteiger partial charge is 0.493 e. The van der Waals surface area contributed by atoms with Crippen LogP contribution in [0.15, 0.2) is 42.5 Å². The molecule has 34 heavy (non-hydrogen) atoms. The summed E-state index contributed by atoms with van der Waals surface area (Å²) in [6.07, 6.45) is -0.164. The first-order valence-electron chi connectivity index (χ1n) is 11.9. The van der Waals surface area contributed by atoms with Crippen LogP contribution in [-0.4, -0.2) is 71.7 Å². The summed E-state index contributed by atoms with van der Waals surface area (Å²) in [5, 5.41) is 29.7. The maximum absolute atomic E-state index is 12.6. The van der Waals surface area contributed by atoms with Crippen molar-refractivity contribution >= 4 is 5.91 Å². The number of hydrogen-bond donors (Lipinski definition) is 3. The molecule has 1 saturated heterocycles. The zero-order valence-electron chi connectivity index (χ0n) is 20.1. The van der Waals surface area contributed by atoms with Gasteiger partial charge in [-0.15, -0.1) is 0 Å². The van der Waals surface area contributed by atoms with Crippen LogP contribution in [0.5, 0.6) is 11.5 Å². The molecular weight excluding hydrogens is 434 g/mol. The maximum atomic E-state index is 12.6. The molecule has 4 rings (SSSR count). The molecule has 1 heterocycles. The Hall–Kier alpha value is -2.61. The van der Waals surface area contributed by atoms with E-state index in [1.165, 1.54) is 16.0 Å². The summed E-state index contributed by atoms with van der Waals surface area (Å²) >= 11 is 0. The number of likely N-dealkylation sites (tertiary alicyclic amines) is 1. The summed E-state index contributed by atoms with van der Waals surface area (Å²) < 4.78 is 11.8. The zero-order chi connectivity index (χ0) is 24.5. The number of amides is 1. The van der Waals surface area contributed by atoms with Crippen molar-refractivity contribution in [2.24, 2.45) is 11.3 Å². The molecule has 1 fully saturated rings. The fraction of sp³-hybridized carbons (Fsp3) is 0.519. The molecule has 0 aromatic heterocycles. The van der Waals surface area contributed by atoms with Crippen molar-refractivity contribution in [2.75, 3.05) is 33.4 Å². The van der Waals surface area contributed by atoms with E-state index >= 15 is 0 Å². The van der Waals surface area contributed by atoms with E-state index in [4.69, 9.17) is 9.47 Å². The average molecular weight is 470 g/mol. The zero-order valence-corrected chi connectivity index (χ0v) is 20.1. The molecule has 2 aromatic carbocycles. The molecule has 7 heteroatoms. The molecule has 1 aliphatic heterocycles. The lowest BCUT2D eigenvalue weighted by Gasteiger charge is -2.34. The molecule has 0 spiro atoms.